The summed E-state index contributed by atoms with van der Waals surface area (Å²) in [7, 11) is 2.17. The van der Waals surface area contributed by atoms with Crippen LogP contribution >= 0.6 is 0 Å². The monoisotopic (exact) mass is 387 g/mol. The molecule has 5 unspecified atom stereocenters. The molecule has 1 saturated carbocycles. The van der Waals surface area contributed by atoms with E-state index in [0.29, 0.717) is 19.0 Å². The third kappa shape index (κ3) is 3.69. The number of carbonyl (C=O) groups excluding carboxylic acids is 2. The predicted octanol–water partition coefficient (Wildman–Crippen LogP) is 0.690. The molecule has 28 heavy (non-hydrogen) atoms. The van der Waals surface area contributed by atoms with E-state index in [2.05, 4.69) is 34.7 Å². The summed E-state index contributed by atoms with van der Waals surface area (Å²) in [5, 5.41) is 6.58. The Bertz CT molecular complexity index is 646. The minimum atomic E-state index is -0.104. The number of amides is 2. The van der Waals surface area contributed by atoms with Crippen molar-refractivity contribution in [3.05, 3.63) is 12.2 Å². The number of hydrogen-bond acceptors (Lipinski definition) is 4. The van der Waals surface area contributed by atoms with E-state index in [0.717, 1.165) is 32.0 Å². The molecule has 2 N–H and O–H groups in total. The second-order valence-corrected chi connectivity index (χ2v) is 8.74. The number of piperidine rings is 1. The van der Waals surface area contributed by atoms with Crippen LogP contribution < -0.4 is 10.6 Å². The fraction of sp³-hybridized carbons (Fsp3) is 0.762. The maximum atomic E-state index is 12.7. The second-order valence-electron chi connectivity index (χ2n) is 8.74. The number of imide groups is 1. The molecule has 5 atom stereocenters. The van der Waals surface area contributed by atoms with Crippen molar-refractivity contribution >= 4 is 17.8 Å². The third-order valence-electron chi connectivity index (χ3n) is 6.76. The summed E-state index contributed by atoms with van der Waals surface area (Å²) in [6.07, 6.45) is 7.71. The average Bonchev–Trinajstić information content (AvgIpc) is 3.35. The van der Waals surface area contributed by atoms with E-state index in [1.54, 1.807) is 0 Å². The first-order chi connectivity index (χ1) is 13.6. The quantitative estimate of drug-likeness (QED) is 0.304. The van der Waals surface area contributed by atoms with E-state index in [-0.39, 0.29) is 35.5 Å². The van der Waals surface area contributed by atoms with Crippen molar-refractivity contribution in [2.75, 3.05) is 46.3 Å². The first-order valence-corrected chi connectivity index (χ1v) is 10.8. The van der Waals surface area contributed by atoms with Crippen LogP contribution in [-0.2, 0) is 9.59 Å². The maximum Gasteiger partial charge on any atom is 0.233 e. The van der Waals surface area contributed by atoms with Gasteiger partial charge in [0.05, 0.1) is 11.8 Å². The minimum absolute atomic E-state index is 0.0285. The van der Waals surface area contributed by atoms with Crippen molar-refractivity contribution in [1.29, 1.82) is 0 Å². The fourth-order valence-electron chi connectivity index (χ4n) is 5.45. The number of fused-ring (bicyclic) bond motifs is 5. The molecule has 2 heterocycles. The van der Waals surface area contributed by atoms with Crippen molar-refractivity contribution in [2.24, 2.45) is 34.6 Å². The van der Waals surface area contributed by atoms with Crippen molar-refractivity contribution in [3.63, 3.8) is 0 Å². The molecule has 154 valence electrons. The molecule has 0 aromatic rings. The lowest BCUT2D eigenvalue weighted by atomic mass is 9.85. The first-order valence-electron chi connectivity index (χ1n) is 10.8. The summed E-state index contributed by atoms with van der Waals surface area (Å²) in [4.78, 5) is 34.1. The molecular formula is C21H33N5O2. The minimum Gasteiger partial charge on any atom is -0.357 e. The normalized spacial score (nSPS) is 35.0. The van der Waals surface area contributed by atoms with Gasteiger partial charge >= 0.3 is 0 Å². The van der Waals surface area contributed by atoms with Gasteiger partial charge in [0, 0.05) is 32.7 Å². The highest BCUT2D eigenvalue weighted by atomic mass is 16.2. The molecule has 2 saturated heterocycles. The summed E-state index contributed by atoms with van der Waals surface area (Å²) in [6.45, 7) is 6.87. The van der Waals surface area contributed by atoms with Gasteiger partial charge in [-0.05, 0) is 57.5 Å². The Balaban J connectivity index is 1.28. The molecule has 4 aliphatic rings. The molecule has 2 aliphatic heterocycles. The Morgan fingerprint density at radius 3 is 2.54 bits per heavy atom. The van der Waals surface area contributed by atoms with E-state index in [4.69, 9.17) is 4.99 Å². The first kappa shape index (κ1) is 19.4. The molecule has 0 radical (unpaired) electrons. The molecule has 2 amide bonds. The van der Waals surface area contributed by atoms with E-state index in [1.807, 2.05) is 6.92 Å². The highest BCUT2D eigenvalue weighted by Gasteiger charge is 2.58. The van der Waals surface area contributed by atoms with Crippen LogP contribution in [0.4, 0.5) is 0 Å². The lowest BCUT2D eigenvalue weighted by Gasteiger charge is -2.28. The average molecular weight is 388 g/mol. The van der Waals surface area contributed by atoms with Crippen LogP contribution in [0.1, 0.15) is 26.2 Å². The highest BCUT2D eigenvalue weighted by Crippen LogP contribution is 2.52. The Kier molecular flexibility index (Phi) is 5.71. The topological polar surface area (TPSA) is 77.0 Å². The van der Waals surface area contributed by atoms with Crippen LogP contribution in [0.5, 0.6) is 0 Å². The van der Waals surface area contributed by atoms with Gasteiger partial charge in [-0.3, -0.25) is 19.5 Å². The zero-order chi connectivity index (χ0) is 19.7. The summed E-state index contributed by atoms with van der Waals surface area (Å²) >= 11 is 0. The molecule has 7 heteroatoms. The number of nitrogens with one attached hydrogen (secondary N) is 2. The molecule has 0 aromatic carbocycles. The molecular weight excluding hydrogens is 354 g/mol. The Morgan fingerprint density at radius 1 is 1.18 bits per heavy atom. The van der Waals surface area contributed by atoms with Gasteiger partial charge in [0.25, 0.3) is 0 Å². The van der Waals surface area contributed by atoms with E-state index in [9.17, 15) is 9.59 Å². The molecule has 0 aromatic heterocycles. The molecule has 2 aliphatic carbocycles. The predicted molar refractivity (Wildman–Crippen MR) is 109 cm³/mol. The van der Waals surface area contributed by atoms with Gasteiger partial charge in [-0.25, -0.2) is 0 Å². The van der Waals surface area contributed by atoms with E-state index in [1.165, 1.54) is 24.3 Å². The van der Waals surface area contributed by atoms with Crippen LogP contribution in [0, 0.1) is 29.6 Å². The van der Waals surface area contributed by atoms with Crippen LogP contribution in [-0.4, -0.2) is 73.9 Å². The SMILES string of the molecule is CCNC(=NCC1CCCN(C)C1)NCCN1C(=O)C2C3C=CC(C3)C2C1=O. The third-order valence-corrected chi connectivity index (χ3v) is 6.76. The molecule has 4 rings (SSSR count). The highest BCUT2D eigenvalue weighted by molar-refractivity contribution is 6.06. The van der Waals surface area contributed by atoms with Crippen LogP contribution in [0.25, 0.3) is 0 Å². The lowest BCUT2D eigenvalue weighted by molar-refractivity contribution is -0.140. The van der Waals surface area contributed by atoms with Crippen molar-refractivity contribution in [2.45, 2.75) is 26.2 Å². The number of likely N-dealkylation sites (tertiary alicyclic amines) is 2. The Hall–Kier alpha value is -1.89. The molecule has 0 spiro atoms. The maximum absolute atomic E-state index is 12.7. The summed E-state index contributed by atoms with van der Waals surface area (Å²) < 4.78 is 0. The van der Waals surface area contributed by atoms with Gasteiger partial charge in [0.15, 0.2) is 5.96 Å². The van der Waals surface area contributed by atoms with E-state index >= 15 is 0 Å². The standard InChI is InChI=1S/C21H33N5O2/c1-3-22-21(24-12-14-5-4-9-25(2)13-14)23-8-10-26-19(27)17-15-6-7-16(11-15)18(17)20(26)28/h6-7,14-18H,3-5,8-13H2,1-2H3,(H2,22,23,24). The van der Waals surface area contributed by atoms with Gasteiger partial charge in [0.2, 0.25) is 11.8 Å². The summed E-state index contributed by atoms with van der Waals surface area (Å²) in [5.41, 5.74) is 0. The van der Waals surface area contributed by atoms with Gasteiger partial charge in [0.1, 0.15) is 0 Å². The van der Waals surface area contributed by atoms with Crippen molar-refractivity contribution < 1.29 is 9.59 Å². The van der Waals surface area contributed by atoms with Crippen molar-refractivity contribution in [1.82, 2.24) is 20.4 Å². The molecule has 7 nitrogen and oxygen atoms in total. The van der Waals surface area contributed by atoms with Crippen molar-refractivity contribution in [3.8, 4) is 0 Å². The van der Waals surface area contributed by atoms with Crippen LogP contribution in [0.2, 0.25) is 0 Å². The van der Waals surface area contributed by atoms with Crippen LogP contribution in [0.3, 0.4) is 0 Å². The Labute approximate surface area is 167 Å². The van der Waals surface area contributed by atoms with Gasteiger partial charge in [-0.1, -0.05) is 12.2 Å². The number of allylic oxidation sites excluding steroid dienone is 2. The van der Waals surface area contributed by atoms with Gasteiger partial charge in [-0.2, -0.15) is 0 Å². The fourth-order valence-corrected chi connectivity index (χ4v) is 5.45. The summed E-state index contributed by atoms with van der Waals surface area (Å²) in [6, 6.07) is 0. The zero-order valence-electron chi connectivity index (χ0n) is 17.1. The largest absolute Gasteiger partial charge is 0.357 e. The van der Waals surface area contributed by atoms with Crippen LogP contribution in [0.15, 0.2) is 17.1 Å². The molecule has 2 bridgehead atoms. The number of guanidine groups is 1. The number of hydrogen-bond donors (Lipinski definition) is 2. The summed E-state index contributed by atoms with van der Waals surface area (Å²) in [5.74, 6) is 1.77. The number of rotatable bonds is 6. The van der Waals surface area contributed by atoms with Gasteiger partial charge < -0.3 is 15.5 Å². The zero-order valence-corrected chi connectivity index (χ0v) is 17.1. The van der Waals surface area contributed by atoms with Gasteiger partial charge in [-0.15, -0.1) is 0 Å². The Morgan fingerprint density at radius 2 is 1.89 bits per heavy atom. The lowest BCUT2D eigenvalue weighted by Crippen LogP contribution is -2.44. The molecule has 3 fully saturated rings. The van der Waals surface area contributed by atoms with E-state index < -0.39 is 0 Å². The second kappa shape index (κ2) is 8.23. The smallest absolute Gasteiger partial charge is 0.233 e. The number of aliphatic imine (C=N–C) groups is 1. The number of carbonyl (C=O) groups is 2. The number of nitrogens with zero attached hydrogens (tertiary/aromatic N) is 3.